The maximum atomic E-state index is 11.4. The molecule has 1 aromatic carbocycles. The Labute approximate surface area is 132 Å². The van der Waals surface area contributed by atoms with E-state index in [9.17, 15) is 8.42 Å². The molecule has 0 radical (unpaired) electrons. The van der Waals surface area contributed by atoms with Crippen LogP contribution in [-0.4, -0.2) is 33.2 Å². The summed E-state index contributed by atoms with van der Waals surface area (Å²) in [5.74, 6) is 0.514. The van der Waals surface area contributed by atoms with E-state index in [-0.39, 0.29) is 0 Å². The lowest BCUT2D eigenvalue weighted by atomic mass is 9.96. The van der Waals surface area contributed by atoms with Crippen LogP contribution in [0.3, 0.4) is 0 Å². The molecule has 0 atom stereocenters. The summed E-state index contributed by atoms with van der Waals surface area (Å²) in [6.45, 7) is 0.601. The molecule has 1 aliphatic carbocycles. The van der Waals surface area contributed by atoms with Crippen LogP contribution in [0.15, 0.2) is 34.2 Å². The van der Waals surface area contributed by atoms with Crippen molar-refractivity contribution >= 4 is 15.8 Å². The van der Waals surface area contributed by atoms with Gasteiger partial charge in [0.15, 0.2) is 15.8 Å². The van der Waals surface area contributed by atoms with Gasteiger partial charge in [0, 0.05) is 18.8 Å². The van der Waals surface area contributed by atoms with Crippen molar-refractivity contribution in [1.82, 2.24) is 5.32 Å². The van der Waals surface area contributed by atoms with Crippen LogP contribution in [0.25, 0.3) is 0 Å². The fourth-order valence-electron chi connectivity index (χ4n) is 2.71. The second-order valence-electron chi connectivity index (χ2n) is 5.91. The van der Waals surface area contributed by atoms with E-state index in [2.05, 4.69) is 10.3 Å². The Morgan fingerprint density at radius 3 is 2.45 bits per heavy atom. The molecular formula is C16H25N3O2S. The molecule has 5 nitrogen and oxygen atoms in total. The van der Waals surface area contributed by atoms with Gasteiger partial charge < -0.3 is 11.1 Å². The minimum absolute atomic E-state index is 0.346. The van der Waals surface area contributed by atoms with E-state index >= 15 is 0 Å². The van der Waals surface area contributed by atoms with E-state index in [0.29, 0.717) is 23.4 Å². The van der Waals surface area contributed by atoms with Crippen LogP contribution < -0.4 is 11.1 Å². The van der Waals surface area contributed by atoms with Crippen LogP contribution in [0.5, 0.6) is 0 Å². The van der Waals surface area contributed by atoms with Crippen molar-refractivity contribution in [2.24, 2.45) is 10.7 Å². The molecule has 3 N–H and O–H groups in total. The SMILES string of the molecule is CS(=O)(=O)c1ccc(CCN=C(N)NC2CCCCC2)cc1. The average Bonchev–Trinajstić information content (AvgIpc) is 2.48. The van der Waals surface area contributed by atoms with E-state index < -0.39 is 9.84 Å². The lowest BCUT2D eigenvalue weighted by molar-refractivity contribution is 0.412. The van der Waals surface area contributed by atoms with Gasteiger partial charge >= 0.3 is 0 Å². The number of hydrogen-bond donors (Lipinski definition) is 2. The summed E-state index contributed by atoms with van der Waals surface area (Å²) in [5, 5.41) is 3.28. The first-order chi connectivity index (χ1) is 10.4. The molecule has 22 heavy (non-hydrogen) atoms. The molecule has 0 aliphatic heterocycles. The number of guanidine groups is 1. The Morgan fingerprint density at radius 1 is 1.23 bits per heavy atom. The highest BCUT2D eigenvalue weighted by molar-refractivity contribution is 7.90. The van der Waals surface area contributed by atoms with Crippen molar-refractivity contribution in [3.63, 3.8) is 0 Å². The summed E-state index contributed by atoms with van der Waals surface area (Å²) >= 11 is 0. The molecule has 1 fully saturated rings. The topological polar surface area (TPSA) is 84.5 Å². The fraction of sp³-hybridized carbons (Fsp3) is 0.562. The van der Waals surface area contributed by atoms with Crippen molar-refractivity contribution in [3.05, 3.63) is 29.8 Å². The first-order valence-corrected chi connectivity index (χ1v) is 9.70. The Morgan fingerprint density at radius 2 is 1.86 bits per heavy atom. The number of sulfone groups is 1. The standard InChI is InChI=1S/C16H25N3O2S/c1-22(20,21)15-9-7-13(8-10-15)11-12-18-16(17)19-14-5-3-2-4-6-14/h7-10,14H,2-6,11-12H2,1H3,(H3,17,18,19). The molecule has 1 aromatic rings. The maximum absolute atomic E-state index is 11.4. The van der Waals surface area contributed by atoms with Gasteiger partial charge in [-0.3, -0.25) is 4.99 Å². The maximum Gasteiger partial charge on any atom is 0.188 e. The van der Waals surface area contributed by atoms with Crippen LogP contribution in [-0.2, 0) is 16.3 Å². The third kappa shape index (κ3) is 5.33. The molecule has 2 rings (SSSR count). The van der Waals surface area contributed by atoms with E-state index in [1.807, 2.05) is 12.1 Å². The summed E-state index contributed by atoms with van der Waals surface area (Å²) in [6, 6.07) is 7.40. The minimum atomic E-state index is -3.13. The largest absolute Gasteiger partial charge is 0.370 e. The number of rotatable bonds is 5. The number of hydrogen-bond acceptors (Lipinski definition) is 3. The first kappa shape index (κ1) is 16.8. The minimum Gasteiger partial charge on any atom is -0.370 e. The summed E-state index contributed by atoms with van der Waals surface area (Å²) in [5.41, 5.74) is 6.97. The van der Waals surface area contributed by atoms with Crippen LogP contribution >= 0.6 is 0 Å². The molecule has 0 spiro atoms. The lowest BCUT2D eigenvalue weighted by Gasteiger charge is -2.23. The van der Waals surface area contributed by atoms with Crippen LogP contribution in [0.2, 0.25) is 0 Å². The van der Waals surface area contributed by atoms with Crippen molar-refractivity contribution < 1.29 is 8.42 Å². The van der Waals surface area contributed by atoms with E-state index in [1.165, 1.54) is 38.4 Å². The van der Waals surface area contributed by atoms with E-state index in [4.69, 9.17) is 5.73 Å². The molecule has 0 unspecified atom stereocenters. The molecule has 0 bridgehead atoms. The molecule has 0 aromatic heterocycles. The van der Waals surface area contributed by atoms with Crippen molar-refractivity contribution in [3.8, 4) is 0 Å². The van der Waals surface area contributed by atoms with Gasteiger partial charge in [-0.1, -0.05) is 31.4 Å². The highest BCUT2D eigenvalue weighted by Crippen LogP contribution is 2.17. The quantitative estimate of drug-likeness (QED) is 0.640. The van der Waals surface area contributed by atoms with Gasteiger partial charge in [-0.05, 0) is 37.0 Å². The van der Waals surface area contributed by atoms with Gasteiger partial charge in [0.05, 0.1) is 4.90 Å². The van der Waals surface area contributed by atoms with Crippen molar-refractivity contribution in [2.45, 2.75) is 49.5 Å². The average molecular weight is 323 g/mol. The second kappa shape index (κ2) is 7.63. The number of benzene rings is 1. The normalized spacial score (nSPS) is 17.4. The molecular weight excluding hydrogens is 298 g/mol. The van der Waals surface area contributed by atoms with Gasteiger partial charge in [-0.2, -0.15) is 0 Å². The number of nitrogens with two attached hydrogens (primary N) is 1. The Bertz CT molecular complexity index is 603. The summed E-state index contributed by atoms with van der Waals surface area (Å²) < 4.78 is 22.8. The fourth-order valence-corrected chi connectivity index (χ4v) is 3.34. The summed E-state index contributed by atoms with van der Waals surface area (Å²) in [6.07, 6.45) is 8.14. The van der Waals surface area contributed by atoms with E-state index in [0.717, 1.165) is 12.0 Å². The highest BCUT2D eigenvalue weighted by Gasteiger charge is 2.13. The number of nitrogens with one attached hydrogen (secondary N) is 1. The van der Waals surface area contributed by atoms with Gasteiger partial charge in [-0.25, -0.2) is 8.42 Å². The third-order valence-electron chi connectivity index (χ3n) is 3.99. The van der Waals surface area contributed by atoms with Gasteiger partial charge in [0.2, 0.25) is 0 Å². The lowest BCUT2D eigenvalue weighted by Crippen LogP contribution is -2.41. The van der Waals surface area contributed by atoms with Crippen molar-refractivity contribution in [2.75, 3.05) is 12.8 Å². The van der Waals surface area contributed by atoms with Crippen LogP contribution in [0.4, 0.5) is 0 Å². The Balaban J connectivity index is 1.80. The molecule has 1 saturated carbocycles. The van der Waals surface area contributed by atoms with E-state index in [1.54, 1.807) is 12.1 Å². The van der Waals surface area contributed by atoms with Crippen LogP contribution in [0.1, 0.15) is 37.7 Å². The molecule has 0 heterocycles. The van der Waals surface area contributed by atoms with Gasteiger partial charge in [0.1, 0.15) is 0 Å². The Hall–Kier alpha value is -1.56. The zero-order chi connectivity index (χ0) is 16.0. The third-order valence-corrected chi connectivity index (χ3v) is 5.12. The summed E-state index contributed by atoms with van der Waals surface area (Å²) in [4.78, 5) is 4.70. The monoisotopic (exact) mass is 323 g/mol. The zero-order valence-electron chi connectivity index (χ0n) is 13.1. The second-order valence-corrected chi connectivity index (χ2v) is 7.93. The highest BCUT2D eigenvalue weighted by atomic mass is 32.2. The van der Waals surface area contributed by atoms with Gasteiger partial charge in [0.25, 0.3) is 0 Å². The predicted molar refractivity (Wildman–Crippen MR) is 89.8 cm³/mol. The summed E-state index contributed by atoms with van der Waals surface area (Å²) in [7, 11) is -3.13. The zero-order valence-corrected chi connectivity index (χ0v) is 13.9. The number of aliphatic imine (C=N–C) groups is 1. The Kier molecular flexibility index (Phi) is 5.83. The predicted octanol–water partition coefficient (Wildman–Crippen LogP) is 1.87. The molecule has 0 saturated heterocycles. The van der Waals surface area contributed by atoms with Crippen molar-refractivity contribution in [1.29, 1.82) is 0 Å². The molecule has 6 heteroatoms. The smallest absolute Gasteiger partial charge is 0.188 e. The number of nitrogens with zero attached hydrogens (tertiary/aromatic N) is 1. The van der Waals surface area contributed by atoms with Crippen LogP contribution in [0, 0.1) is 0 Å². The first-order valence-electron chi connectivity index (χ1n) is 7.80. The molecule has 1 aliphatic rings. The molecule has 122 valence electrons. The van der Waals surface area contributed by atoms with Gasteiger partial charge in [-0.15, -0.1) is 0 Å². The molecule has 0 amide bonds.